The Morgan fingerprint density at radius 3 is 3.00 bits per heavy atom. The van der Waals surface area contributed by atoms with Gasteiger partial charge in [-0.25, -0.2) is 0 Å². The Morgan fingerprint density at radius 2 is 2.26 bits per heavy atom. The van der Waals surface area contributed by atoms with E-state index in [1.807, 2.05) is 25.1 Å². The Morgan fingerprint density at radius 1 is 1.43 bits per heavy atom. The van der Waals surface area contributed by atoms with Gasteiger partial charge in [-0.05, 0) is 36.2 Å². The number of anilines is 1. The van der Waals surface area contributed by atoms with E-state index in [0.717, 1.165) is 11.1 Å². The van der Waals surface area contributed by atoms with Gasteiger partial charge in [0.15, 0.2) is 6.23 Å². The maximum absolute atomic E-state index is 12.1. The summed E-state index contributed by atoms with van der Waals surface area (Å²) in [5, 5.41) is 5.49. The third-order valence-corrected chi connectivity index (χ3v) is 3.55. The summed E-state index contributed by atoms with van der Waals surface area (Å²) in [6.45, 7) is 1.92. The summed E-state index contributed by atoms with van der Waals surface area (Å²) in [6.07, 6.45) is 3.65. The van der Waals surface area contributed by atoms with E-state index >= 15 is 0 Å². The molecule has 1 atom stereocenters. The fourth-order valence-corrected chi connectivity index (χ4v) is 2.27. The first-order valence-electron chi connectivity index (χ1n) is 7.35. The Labute approximate surface area is 133 Å². The average Bonchev–Trinajstić information content (AvgIpc) is 2.48. The maximum Gasteiger partial charge on any atom is 0.228 e. The van der Waals surface area contributed by atoms with Gasteiger partial charge in [-0.2, -0.15) is 0 Å². The molecule has 1 saturated heterocycles. The van der Waals surface area contributed by atoms with E-state index in [-0.39, 0.29) is 24.5 Å². The van der Waals surface area contributed by atoms with Gasteiger partial charge >= 0.3 is 0 Å². The van der Waals surface area contributed by atoms with Gasteiger partial charge in [0.2, 0.25) is 11.8 Å². The topological polar surface area (TPSA) is 80.3 Å². The molecule has 6 nitrogen and oxygen atoms in total. The van der Waals surface area contributed by atoms with Crippen LogP contribution in [0.3, 0.4) is 0 Å². The largest absolute Gasteiger partial charge is 0.470 e. The molecule has 23 heavy (non-hydrogen) atoms. The molecule has 0 aliphatic carbocycles. The average molecular weight is 311 g/mol. The summed E-state index contributed by atoms with van der Waals surface area (Å²) in [5.74, 6) is 0.505. The Balaban J connectivity index is 1.60. The van der Waals surface area contributed by atoms with Crippen molar-refractivity contribution in [3.8, 4) is 5.75 Å². The number of β-lactam (4-membered cyclic amide) rings is 1. The van der Waals surface area contributed by atoms with Crippen LogP contribution in [0.15, 0.2) is 42.7 Å². The van der Waals surface area contributed by atoms with Crippen LogP contribution >= 0.6 is 0 Å². The van der Waals surface area contributed by atoms with E-state index in [0.29, 0.717) is 17.9 Å². The predicted molar refractivity (Wildman–Crippen MR) is 84.9 cm³/mol. The van der Waals surface area contributed by atoms with Crippen LogP contribution in [0.5, 0.6) is 5.75 Å². The van der Waals surface area contributed by atoms with Gasteiger partial charge in [-0.15, -0.1) is 0 Å². The summed E-state index contributed by atoms with van der Waals surface area (Å²) < 4.78 is 5.61. The predicted octanol–water partition coefficient (Wildman–Crippen LogP) is 1.80. The van der Waals surface area contributed by atoms with Crippen molar-refractivity contribution in [1.29, 1.82) is 0 Å². The second-order valence-electron chi connectivity index (χ2n) is 5.44. The second-order valence-corrected chi connectivity index (χ2v) is 5.44. The van der Waals surface area contributed by atoms with Crippen molar-refractivity contribution in [1.82, 2.24) is 10.3 Å². The molecule has 1 aliphatic heterocycles. The molecule has 1 aromatic carbocycles. The number of nitrogens with zero attached hydrogens (tertiary/aromatic N) is 1. The van der Waals surface area contributed by atoms with Crippen molar-refractivity contribution in [2.24, 2.45) is 0 Å². The number of rotatable bonds is 5. The van der Waals surface area contributed by atoms with Gasteiger partial charge < -0.3 is 15.4 Å². The van der Waals surface area contributed by atoms with Crippen LogP contribution in [-0.4, -0.2) is 23.0 Å². The molecule has 6 heteroatoms. The van der Waals surface area contributed by atoms with Crippen molar-refractivity contribution in [3.05, 3.63) is 53.9 Å². The molecule has 3 rings (SSSR count). The molecule has 0 saturated carbocycles. The van der Waals surface area contributed by atoms with Crippen LogP contribution in [0.4, 0.5) is 5.69 Å². The third kappa shape index (κ3) is 3.85. The molecule has 1 unspecified atom stereocenters. The Kier molecular flexibility index (Phi) is 4.23. The van der Waals surface area contributed by atoms with E-state index < -0.39 is 0 Å². The van der Waals surface area contributed by atoms with Gasteiger partial charge in [0, 0.05) is 6.20 Å². The molecule has 2 heterocycles. The van der Waals surface area contributed by atoms with E-state index in [9.17, 15) is 9.59 Å². The number of nitrogens with one attached hydrogen (secondary N) is 2. The summed E-state index contributed by atoms with van der Waals surface area (Å²) in [5.41, 5.74) is 2.51. The van der Waals surface area contributed by atoms with Crippen LogP contribution in [0.25, 0.3) is 0 Å². The highest BCUT2D eigenvalue weighted by Crippen LogP contribution is 2.19. The molecule has 1 aliphatic rings. The number of aryl methyl sites for hydroxylation is 1. The van der Waals surface area contributed by atoms with Crippen molar-refractivity contribution >= 4 is 17.5 Å². The Hall–Kier alpha value is -2.89. The first-order valence-corrected chi connectivity index (χ1v) is 7.35. The molecule has 118 valence electrons. The highest BCUT2D eigenvalue weighted by molar-refractivity contribution is 5.92. The quantitative estimate of drug-likeness (QED) is 0.825. The lowest BCUT2D eigenvalue weighted by atomic mass is 10.1. The Bertz CT molecular complexity index is 737. The smallest absolute Gasteiger partial charge is 0.228 e. The number of benzene rings is 1. The van der Waals surface area contributed by atoms with E-state index in [1.165, 1.54) is 0 Å². The minimum absolute atomic E-state index is 0.0163. The summed E-state index contributed by atoms with van der Waals surface area (Å²) >= 11 is 0. The number of ether oxygens (including phenoxy) is 1. The summed E-state index contributed by atoms with van der Waals surface area (Å²) in [6, 6.07) is 9.14. The molecule has 1 aromatic heterocycles. The zero-order chi connectivity index (χ0) is 16.2. The number of pyridine rings is 1. The minimum atomic E-state index is -0.274. The zero-order valence-corrected chi connectivity index (χ0v) is 12.7. The molecule has 0 bridgehead atoms. The second kappa shape index (κ2) is 6.48. The fourth-order valence-electron chi connectivity index (χ4n) is 2.27. The van der Waals surface area contributed by atoms with Gasteiger partial charge in [0.25, 0.3) is 0 Å². The lowest BCUT2D eigenvalue weighted by Crippen LogP contribution is -2.51. The zero-order valence-electron chi connectivity index (χ0n) is 12.7. The summed E-state index contributed by atoms with van der Waals surface area (Å²) in [4.78, 5) is 27.0. The highest BCUT2D eigenvalue weighted by Gasteiger charge is 2.26. The van der Waals surface area contributed by atoms with E-state index in [4.69, 9.17) is 4.74 Å². The summed E-state index contributed by atoms with van der Waals surface area (Å²) in [7, 11) is 0. The number of hydrogen-bond acceptors (Lipinski definition) is 4. The van der Waals surface area contributed by atoms with Crippen molar-refractivity contribution < 1.29 is 14.3 Å². The van der Waals surface area contributed by atoms with E-state index in [1.54, 1.807) is 24.5 Å². The molecule has 2 aromatic rings. The standard InChI is InChI=1S/C17H17N3O3/c1-11-5-6-18-10-14(11)19-15(21)8-12-3-2-4-13(7-12)23-17-9-16(22)20-17/h2-7,10,17H,8-9H2,1H3,(H,19,21)(H,20,22). The number of carbonyl (C=O) groups excluding carboxylic acids is 2. The van der Waals surface area contributed by atoms with Gasteiger partial charge in [-0.3, -0.25) is 14.6 Å². The van der Waals surface area contributed by atoms with Crippen molar-refractivity contribution in [2.75, 3.05) is 5.32 Å². The first-order chi connectivity index (χ1) is 11.1. The monoisotopic (exact) mass is 311 g/mol. The normalized spacial score (nSPS) is 16.2. The molecular weight excluding hydrogens is 294 g/mol. The van der Waals surface area contributed by atoms with Gasteiger partial charge in [-0.1, -0.05) is 12.1 Å². The maximum atomic E-state index is 12.1. The van der Waals surface area contributed by atoms with Crippen LogP contribution in [0, 0.1) is 6.92 Å². The molecular formula is C17H17N3O3. The molecule has 1 fully saturated rings. The molecule has 2 amide bonds. The lowest BCUT2D eigenvalue weighted by molar-refractivity contribution is -0.134. The van der Waals surface area contributed by atoms with Crippen LogP contribution in [0.1, 0.15) is 17.5 Å². The van der Waals surface area contributed by atoms with Crippen LogP contribution in [-0.2, 0) is 16.0 Å². The molecule has 2 N–H and O–H groups in total. The third-order valence-electron chi connectivity index (χ3n) is 3.55. The highest BCUT2D eigenvalue weighted by atomic mass is 16.5. The van der Waals surface area contributed by atoms with Crippen LogP contribution in [0.2, 0.25) is 0 Å². The first kappa shape index (κ1) is 15.0. The molecule has 0 radical (unpaired) electrons. The SMILES string of the molecule is Cc1ccncc1NC(=O)Cc1cccc(OC2CC(=O)N2)c1. The number of amides is 2. The van der Waals surface area contributed by atoms with E-state index in [2.05, 4.69) is 15.6 Å². The van der Waals surface area contributed by atoms with Gasteiger partial charge in [0.05, 0.1) is 24.7 Å². The minimum Gasteiger partial charge on any atom is -0.470 e. The molecule has 0 spiro atoms. The number of aromatic nitrogens is 1. The van der Waals surface area contributed by atoms with Crippen molar-refractivity contribution in [3.63, 3.8) is 0 Å². The van der Waals surface area contributed by atoms with Crippen molar-refractivity contribution in [2.45, 2.75) is 26.0 Å². The van der Waals surface area contributed by atoms with Gasteiger partial charge in [0.1, 0.15) is 5.75 Å². The van der Waals surface area contributed by atoms with Crippen LogP contribution < -0.4 is 15.4 Å². The number of hydrogen-bond donors (Lipinski definition) is 2. The lowest BCUT2D eigenvalue weighted by Gasteiger charge is -2.27. The number of carbonyl (C=O) groups is 2. The fraction of sp³-hybridized carbons (Fsp3) is 0.235.